The predicted octanol–water partition coefficient (Wildman–Crippen LogP) is 1.71. The van der Waals surface area contributed by atoms with Crippen molar-refractivity contribution in [2.45, 2.75) is 19.4 Å². The molecule has 2 rings (SSSR count). The summed E-state index contributed by atoms with van der Waals surface area (Å²) < 4.78 is 4.91. The number of aryl methyl sites for hydroxylation is 1. The van der Waals surface area contributed by atoms with Gasteiger partial charge < -0.3 is 10.1 Å². The molecule has 0 saturated heterocycles. The molecule has 0 fully saturated rings. The summed E-state index contributed by atoms with van der Waals surface area (Å²) in [6, 6.07) is 6.43. The first-order valence-corrected chi connectivity index (χ1v) is 6.10. The van der Waals surface area contributed by atoms with Crippen LogP contribution >= 0.6 is 0 Å². The molecule has 0 bridgehead atoms. The Morgan fingerprint density at radius 2 is 2.29 bits per heavy atom. The van der Waals surface area contributed by atoms with Crippen LogP contribution in [0.15, 0.2) is 18.2 Å². The molecule has 4 nitrogen and oxygen atoms in total. The predicted molar refractivity (Wildman–Crippen MR) is 67.9 cm³/mol. The fourth-order valence-electron chi connectivity index (χ4n) is 2.05. The van der Waals surface area contributed by atoms with Crippen LogP contribution in [0.3, 0.4) is 0 Å². The van der Waals surface area contributed by atoms with Crippen LogP contribution in [0.5, 0.6) is 0 Å². The Labute approximate surface area is 102 Å². The molecular weight excluding hydrogens is 216 g/mol. The lowest BCUT2D eigenvalue weighted by Gasteiger charge is -2.21. The fraction of sp³-hybridized carbons (Fsp3) is 0.538. The van der Waals surface area contributed by atoms with Gasteiger partial charge >= 0.3 is 0 Å². The molecule has 2 N–H and O–H groups in total. The van der Waals surface area contributed by atoms with Crippen LogP contribution in [0.1, 0.15) is 17.5 Å². The summed E-state index contributed by atoms with van der Waals surface area (Å²) in [5.41, 5.74) is 6.92. The number of ether oxygens (including phenoxy) is 1. The average Bonchev–Trinajstić information content (AvgIpc) is 2.39. The number of methoxy groups -OCH3 is 1. The molecule has 17 heavy (non-hydrogen) atoms. The van der Waals surface area contributed by atoms with Gasteiger partial charge in [-0.3, -0.25) is 4.84 Å². The zero-order chi connectivity index (χ0) is 11.9. The van der Waals surface area contributed by atoms with E-state index in [0.29, 0.717) is 13.2 Å². The second kappa shape index (κ2) is 6.59. The molecular formula is C13H20N2O2. The normalized spacial score (nSPS) is 14.2. The highest BCUT2D eigenvalue weighted by atomic mass is 16.7. The Morgan fingerprint density at radius 1 is 1.35 bits per heavy atom. The number of rotatable bonds is 6. The van der Waals surface area contributed by atoms with E-state index >= 15 is 0 Å². The van der Waals surface area contributed by atoms with Crippen LogP contribution in [0, 0.1) is 0 Å². The van der Waals surface area contributed by atoms with Gasteiger partial charge in [-0.15, -0.1) is 0 Å². The van der Waals surface area contributed by atoms with Gasteiger partial charge in [0.25, 0.3) is 0 Å². The highest BCUT2D eigenvalue weighted by Crippen LogP contribution is 2.25. The van der Waals surface area contributed by atoms with Crippen molar-refractivity contribution in [3.05, 3.63) is 29.3 Å². The van der Waals surface area contributed by atoms with E-state index in [1.807, 2.05) is 0 Å². The third-order valence-electron chi connectivity index (χ3n) is 2.92. The molecule has 0 spiro atoms. The third kappa shape index (κ3) is 3.43. The van der Waals surface area contributed by atoms with Crippen molar-refractivity contribution in [2.75, 3.05) is 32.2 Å². The minimum absolute atomic E-state index is 0.568. The molecule has 0 atom stereocenters. The maximum Gasteiger partial charge on any atom is 0.0916 e. The number of hydroxylamine groups is 1. The summed E-state index contributed by atoms with van der Waals surface area (Å²) in [4.78, 5) is 5.27. The smallest absolute Gasteiger partial charge is 0.0916 e. The zero-order valence-corrected chi connectivity index (χ0v) is 10.3. The molecule has 1 aliphatic rings. The van der Waals surface area contributed by atoms with Crippen molar-refractivity contribution < 1.29 is 9.57 Å². The summed E-state index contributed by atoms with van der Waals surface area (Å²) in [5, 5.41) is 3.46. The molecule has 0 unspecified atom stereocenters. The number of hydrogen-bond acceptors (Lipinski definition) is 4. The Hall–Kier alpha value is -1.10. The molecule has 0 aromatic heterocycles. The Bertz CT molecular complexity index is 355. The van der Waals surface area contributed by atoms with Gasteiger partial charge in [0.05, 0.1) is 13.2 Å². The second-order valence-corrected chi connectivity index (χ2v) is 4.14. The van der Waals surface area contributed by atoms with Crippen molar-refractivity contribution >= 4 is 5.69 Å². The van der Waals surface area contributed by atoms with Crippen molar-refractivity contribution in [1.29, 1.82) is 0 Å². The zero-order valence-electron chi connectivity index (χ0n) is 10.3. The molecule has 94 valence electrons. The largest absolute Gasteiger partial charge is 0.385 e. The van der Waals surface area contributed by atoms with E-state index in [4.69, 9.17) is 9.57 Å². The number of anilines is 1. The van der Waals surface area contributed by atoms with E-state index in [0.717, 1.165) is 13.1 Å². The minimum Gasteiger partial charge on any atom is -0.385 e. The molecule has 0 saturated carbocycles. The first-order chi connectivity index (χ1) is 8.42. The first kappa shape index (κ1) is 12.4. The van der Waals surface area contributed by atoms with Crippen LogP contribution in [0.4, 0.5) is 5.69 Å². The lowest BCUT2D eigenvalue weighted by Crippen LogP contribution is -2.20. The molecule has 0 amide bonds. The molecule has 1 aromatic carbocycles. The number of para-hydroxylation sites is 1. The quantitative estimate of drug-likeness (QED) is 0.583. The van der Waals surface area contributed by atoms with E-state index < -0.39 is 0 Å². The lowest BCUT2D eigenvalue weighted by atomic mass is 9.99. The van der Waals surface area contributed by atoms with E-state index in [2.05, 4.69) is 29.0 Å². The van der Waals surface area contributed by atoms with E-state index in [1.165, 1.54) is 29.7 Å². The molecule has 0 aliphatic carbocycles. The topological polar surface area (TPSA) is 42.5 Å². The Morgan fingerprint density at radius 3 is 3.18 bits per heavy atom. The summed E-state index contributed by atoms with van der Waals surface area (Å²) in [5.74, 6) is 0. The van der Waals surface area contributed by atoms with Crippen LogP contribution in [0.25, 0.3) is 0 Å². The summed E-state index contributed by atoms with van der Waals surface area (Å²) in [6.45, 7) is 2.96. The molecule has 4 heteroatoms. The SMILES string of the molecule is COCCONCc1cccc2c1NCCC2. The first-order valence-electron chi connectivity index (χ1n) is 6.10. The maximum atomic E-state index is 5.27. The third-order valence-corrected chi connectivity index (χ3v) is 2.92. The van der Waals surface area contributed by atoms with Crippen molar-refractivity contribution in [2.24, 2.45) is 0 Å². The summed E-state index contributed by atoms with van der Waals surface area (Å²) in [7, 11) is 1.67. The monoisotopic (exact) mass is 236 g/mol. The number of hydrogen-bond donors (Lipinski definition) is 2. The van der Waals surface area contributed by atoms with Crippen molar-refractivity contribution in [1.82, 2.24) is 5.48 Å². The van der Waals surface area contributed by atoms with Gasteiger partial charge in [-0.1, -0.05) is 18.2 Å². The van der Waals surface area contributed by atoms with Gasteiger partial charge in [0, 0.05) is 25.9 Å². The number of nitrogens with one attached hydrogen (secondary N) is 2. The van der Waals surface area contributed by atoms with Gasteiger partial charge in [-0.25, -0.2) is 0 Å². The van der Waals surface area contributed by atoms with Crippen LogP contribution in [-0.4, -0.2) is 26.9 Å². The highest BCUT2D eigenvalue weighted by Gasteiger charge is 2.11. The molecule has 1 heterocycles. The standard InChI is InChI=1S/C13H20N2O2/c1-16-8-9-17-15-10-12-5-2-4-11-6-3-7-14-13(11)12/h2,4-5,14-15H,3,6-10H2,1H3. The van der Waals surface area contributed by atoms with E-state index in [9.17, 15) is 0 Å². The number of fused-ring (bicyclic) bond motifs is 1. The van der Waals surface area contributed by atoms with E-state index in [-0.39, 0.29) is 0 Å². The van der Waals surface area contributed by atoms with Gasteiger partial charge in [-0.2, -0.15) is 5.48 Å². The summed E-state index contributed by atoms with van der Waals surface area (Å²) in [6.07, 6.45) is 2.38. The summed E-state index contributed by atoms with van der Waals surface area (Å²) >= 11 is 0. The van der Waals surface area contributed by atoms with E-state index in [1.54, 1.807) is 7.11 Å². The van der Waals surface area contributed by atoms with Gasteiger partial charge in [0.15, 0.2) is 0 Å². The van der Waals surface area contributed by atoms with Gasteiger partial charge in [0.2, 0.25) is 0 Å². The minimum atomic E-state index is 0.568. The Balaban J connectivity index is 1.87. The van der Waals surface area contributed by atoms with Crippen LogP contribution in [-0.2, 0) is 22.5 Å². The van der Waals surface area contributed by atoms with Crippen molar-refractivity contribution in [3.8, 4) is 0 Å². The van der Waals surface area contributed by atoms with Crippen molar-refractivity contribution in [3.63, 3.8) is 0 Å². The van der Waals surface area contributed by atoms with Gasteiger partial charge in [-0.05, 0) is 24.0 Å². The Kier molecular flexibility index (Phi) is 4.79. The molecule has 0 radical (unpaired) electrons. The highest BCUT2D eigenvalue weighted by molar-refractivity contribution is 5.59. The maximum absolute atomic E-state index is 5.27. The van der Waals surface area contributed by atoms with Crippen LogP contribution < -0.4 is 10.8 Å². The average molecular weight is 236 g/mol. The fourth-order valence-corrected chi connectivity index (χ4v) is 2.05. The number of benzene rings is 1. The lowest BCUT2D eigenvalue weighted by molar-refractivity contribution is 0.00353. The molecule has 1 aliphatic heterocycles. The molecule has 1 aromatic rings. The second-order valence-electron chi connectivity index (χ2n) is 4.14. The van der Waals surface area contributed by atoms with Gasteiger partial charge in [0.1, 0.15) is 0 Å². The van der Waals surface area contributed by atoms with Crippen LogP contribution in [0.2, 0.25) is 0 Å².